The van der Waals surface area contributed by atoms with Gasteiger partial charge >= 0.3 is 0 Å². The number of morpholine rings is 1. The average Bonchev–Trinajstić information content (AvgIpc) is 3.50. The van der Waals surface area contributed by atoms with Gasteiger partial charge in [-0.25, -0.2) is 4.68 Å². The minimum atomic E-state index is 0.103. The van der Waals surface area contributed by atoms with Crippen molar-refractivity contribution in [1.29, 1.82) is 0 Å². The zero-order valence-electron chi connectivity index (χ0n) is 17.6. The molecule has 0 aliphatic carbocycles. The summed E-state index contributed by atoms with van der Waals surface area (Å²) >= 11 is 0. The molecule has 4 aromatic rings. The number of aromatic nitrogens is 5. The van der Waals surface area contributed by atoms with Gasteiger partial charge in [-0.2, -0.15) is 4.98 Å². The van der Waals surface area contributed by atoms with E-state index >= 15 is 0 Å². The molecular formula is C22H22N6O4. The summed E-state index contributed by atoms with van der Waals surface area (Å²) in [6.07, 6.45) is 0.371. The third kappa shape index (κ3) is 4.04. The Bertz CT molecular complexity index is 1230. The average molecular weight is 434 g/mol. The van der Waals surface area contributed by atoms with Crippen molar-refractivity contribution in [3.63, 3.8) is 0 Å². The van der Waals surface area contributed by atoms with Crippen molar-refractivity contribution in [2.45, 2.75) is 13.0 Å². The van der Waals surface area contributed by atoms with Gasteiger partial charge in [0.2, 0.25) is 11.7 Å². The maximum Gasteiger partial charge on any atom is 0.258 e. The maximum absolute atomic E-state index is 12.4. The first-order chi connectivity index (χ1) is 15.7. The first-order valence-corrected chi connectivity index (χ1v) is 10.4. The molecule has 10 heteroatoms. The van der Waals surface area contributed by atoms with Crippen molar-refractivity contribution in [2.75, 3.05) is 33.4 Å². The Morgan fingerprint density at radius 1 is 1.09 bits per heavy atom. The SMILES string of the molecule is COc1ccc(-c2nc(-c3ccc4c(c3)nnn4CCC(=O)N3CCOCC3)no2)cc1. The zero-order chi connectivity index (χ0) is 21.9. The normalized spacial score (nSPS) is 14.1. The number of fused-ring (bicyclic) bond motifs is 1. The van der Waals surface area contributed by atoms with E-state index in [0.717, 1.165) is 22.4 Å². The molecule has 10 nitrogen and oxygen atoms in total. The highest BCUT2D eigenvalue weighted by Gasteiger charge is 2.18. The molecule has 0 atom stereocenters. The van der Waals surface area contributed by atoms with Crippen molar-refractivity contribution in [2.24, 2.45) is 0 Å². The van der Waals surface area contributed by atoms with E-state index in [-0.39, 0.29) is 5.91 Å². The van der Waals surface area contributed by atoms with Gasteiger partial charge in [-0.3, -0.25) is 4.79 Å². The highest BCUT2D eigenvalue weighted by atomic mass is 16.5. The van der Waals surface area contributed by atoms with Gasteiger partial charge in [0.25, 0.3) is 5.89 Å². The standard InChI is InChI=1S/C22H22N6O4/c1-30-17-5-2-15(3-6-17)22-23-21(25-32-22)16-4-7-19-18(14-16)24-26-28(19)9-8-20(29)27-10-12-31-13-11-27/h2-7,14H,8-13H2,1H3. The summed E-state index contributed by atoms with van der Waals surface area (Å²) in [5.74, 6) is 1.75. The lowest BCUT2D eigenvalue weighted by Crippen LogP contribution is -2.41. The van der Waals surface area contributed by atoms with Crippen molar-refractivity contribution in [3.05, 3.63) is 42.5 Å². The van der Waals surface area contributed by atoms with Gasteiger partial charge in [0.05, 0.1) is 32.4 Å². The van der Waals surface area contributed by atoms with Crippen molar-refractivity contribution in [1.82, 2.24) is 30.0 Å². The van der Waals surface area contributed by atoms with E-state index < -0.39 is 0 Å². The molecule has 1 aliphatic rings. The largest absolute Gasteiger partial charge is 0.497 e. The molecule has 1 saturated heterocycles. The minimum Gasteiger partial charge on any atom is -0.497 e. The van der Waals surface area contributed by atoms with Gasteiger partial charge in [-0.1, -0.05) is 10.4 Å². The zero-order valence-corrected chi connectivity index (χ0v) is 17.6. The fraction of sp³-hybridized carbons (Fsp3) is 0.318. The van der Waals surface area contributed by atoms with Gasteiger partial charge in [-0.15, -0.1) is 5.10 Å². The number of methoxy groups -OCH3 is 1. The van der Waals surface area contributed by atoms with Crippen LogP contribution in [-0.2, 0) is 16.1 Å². The maximum atomic E-state index is 12.4. The molecule has 2 aromatic carbocycles. The van der Waals surface area contributed by atoms with Crippen molar-refractivity contribution >= 4 is 16.9 Å². The molecule has 0 saturated carbocycles. The molecule has 0 spiro atoms. The fourth-order valence-electron chi connectivity index (χ4n) is 3.64. The van der Waals surface area contributed by atoms with E-state index in [0.29, 0.717) is 56.5 Å². The van der Waals surface area contributed by atoms with Crippen molar-refractivity contribution in [3.8, 4) is 28.6 Å². The highest BCUT2D eigenvalue weighted by molar-refractivity contribution is 5.80. The van der Waals surface area contributed by atoms with E-state index in [1.54, 1.807) is 11.8 Å². The number of hydrogen-bond donors (Lipinski definition) is 0. The number of carbonyl (C=O) groups is 1. The summed E-state index contributed by atoms with van der Waals surface area (Å²) in [6, 6.07) is 13.1. The molecule has 5 rings (SSSR count). The lowest BCUT2D eigenvalue weighted by atomic mass is 10.2. The Morgan fingerprint density at radius 2 is 1.88 bits per heavy atom. The number of benzene rings is 2. The third-order valence-corrected chi connectivity index (χ3v) is 5.44. The lowest BCUT2D eigenvalue weighted by Gasteiger charge is -2.26. The second kappa shape index (κ2) is 8.75. The number of ether oxygens (including phenoxy) is 2. The minimum absolute atomic E-state index is 0.103. The van der Waals surface area contributed by atoms with Crippen LogP contribution in [-0.4, -0.2) is 69.4 Å². The molecule has 1 amide bonds. The fourth-order valence-corrected chi connectivity index (χ4v) is 3.64. The molecule has 3 heterocycles. The van der Waals surface area contributed by atoms with Gasteiger partial charge in [0, 0.05) is 30.6 Å². The molecule has 1 aliphatic heterocycles. The van der Waals surface area contributed by atoms with Gasteiger partial charge < -0.3 is 18.9 Å². The summed E-state index contributed by atoms with van der Waals surface area (Å²) < 4.78 is 17.6. The van der Waals surface area contributed by atoms with Crippen LogP contribution >= 0.6 is 0 Å². The molecule has 0 unspecified atom stereocenters. The van der Waals surface area contributed by atoms with Gasteiger partial charge in [0.1, 0.15) is 11.3 Å². The first kappa shape index (κ1) is 20.1. The molecule has 0 bridgehead atoms. The summed E-state index contributed by atoms with van der Waals surface area (Å²) in [5.41, 5.74) is 3.14. The van der Waals surface area contributed by atoms with Crippen LogP contribution in [0.4, 0.5) is 0 Å². The molecule has 164 valence electrons. The molecule has 2 aromatic heterocycles. The second-order valence-corrected chi connectivity index (χ2v) is 7.41. The smallest absolute Gasteiger partial charge is 0.258 e. The Hall–Kier alpha value is -3.79. The van der Waals surface area contributed by atoms with Crippen LogP contribution in [0, 0.1) is 0 Å². The second-order valence-electron chi connectivity index (χ2n) is 7.41. The van der Waals surface area contributed by atoms with E-state index in [1.165, 1.54) is 0 Å². The van der Waals surface area contributed by atoms with E-state index in [9.17, 15) is 4.79 Å². The predicted octanol–water partition coefficient (Wildman–Crippen LogP) is 2.41. The van der Waals surface area contributed by atoms with Gasteiger partial charge in [-0.05, 0) is 42.5 Å². The highest BCUT2D eigenvalue weighted by Crippen LogP contribution is 2.26. The van der Waals surface area contributed by atoms with Crippen LogP contribution < -0.4 is 4.74 Å². The Morgan fingerprint density at radius 3 is 2.66 bits per heavy atom. The molecular weight excluding hydrogens is 412 g/mol. The predicted molar refractivity (Wildman–Crippen MR) is 115 cm³/mol. The van der Waals surface area contributed by atoms with Crippen LogP contribution in [0.25, 0.3) is 33.9 Å². The lowest BCUT2D eigenvalue weighted by molar-refractivity contribution is -0.135. The first-order valence-electron chi connectivity index (χ1n) is 10.4. The summed E-state index contributed by atoms with van der Waals surface area (Å²) in [4.78, 5) is 18.7. The number of nitrogens with zero attached hydrogens (tertiary/aromatic N) is 6. The topological polar surface area (TPSA) is 108 Å². The molecule has 0 N–H and O–H groups in total. The molecule has 0 radical (unpaired) electrons. The summed E-state index contributed by atoms with van der Waals surface area (Å²) in [6.45, 7) is 2.94. The van der Waals surface area contributed by atoms with E-state index in [1.807, 2.05) is 47.4 Å². The van der Waals surface area contributed by atoms with E-state index in [2.05, 4.69) is 20.5 Å². The van der Waals surface area contributed by atoms with Crippen molar-refractivity contribution < 1.29 is 18.8 Å². The van der Waals surface area contributed by atoms with Crippen LogP contribution in [0.2, 0.25) is 0 Å². The number of rotatable bonds is 6. The van der Waals surface area contributed by atoms with Crippen LogP contribution in [0.3, 0.4) is 0 Å². The molecule has 32 heavy (non-hydrogen) atoms. The Balaban J connectivity index is 1.30. The Kier molecular flexibility index (Phi) is 5.51. The number of amides is 1. The van der Waals surface area contributed by atoms with E-state index in [4.69, 9.17) is 14.0 Å². The number of hydrogen-bond acceptors (Lipinski definition) is 8. The molecule has 1 fully saturated rings. The van der Waals surface area contributed by atoms with Crippen LogP contribution in [0.15, 0.2) is 47.0 Å². The third-order valence-electron chi connectivity index (χ3n) is 5.44. The summed E-state index contributed by atoms with van der Waals surface area (Å²) in [5, 5.41) is 12.6. The monoisotopic (exact) mass is 434 g/mol. The number of aryl methyl sites for hydroxylation is 1. The van der Waals surface area contributed by atoms with Crippen LogP contribution in [0.1, 0.15) is 6.42 Å². The van der Waals surface area contributed by atoms with Crippen LogP contribution in [0.5, 0.6) is 5.75 Å². The Labute approximate surface area is 183 Å². The van der Waals surface area contributed by atoms with Gasteiger partial charge in [0.15, 0.2) is 0 Å². The quantitative estimate of drug-likeness (QED) is 0.455. The number of carbonyl (C=O) groups excluding carboxylic acids is 1. The summed E-state index contributed by atoms with van der Waals surface area (Å²) in [7, 11) is 1.62.